The number of aromatic hydroxyl groups is 1. The fraction of sp³-hybridized carbons (Fsp3) is 0.500. The smallest absolute Gasteiger partial charge is 0.401 e. The Morgan fingerprint density at radius 3 is 2.50 bits per heavy atom. The number of halogens is 4. The largest absolute Gasteiger partial charge is 0.508 e. The number of hydrogen-bond acceptors (Lipinski definition) is 2. The Morgan fingerprint density at radius 2 is 2.00 bits per heavy atom. The Balaban J connectivity index is 2.96. The minimum absolute atomic E-state index is 0.00586. The van der Waals surface area contributed by atoms with Gasteiger partial charge >= 0.3 is 6.18 Å². The Hall–Kier alpha value is -0.750. The number of hydrogen-bond donors (Lipinski definition) is 1. The molecule has 1 rings (SSSR count). The van der Waals surface area contributed by atoms with E-state index in [0.717, 1.165) is 4.47 Å². The van der Waals surface area contributed by atoms with Crippen molar-refractivity contribution in [3.63, 3.8) is 0 Å². The highest BCUT2D eigenvalue weighted by molar-refractivity contribution is 9.10. The molecule has 1 aromatic carbocycles. The van der Waals surface area contributed by atoms with E-state index in [-0.39, 0.29) is 12.3 Å². The Bertz CT molecular complexity index is 409. The summed E-state index contributed by atoms with van der Waals surface area (Å²) in [7, 11) is 0. The molecular weight excluding hydrogens is 311 g/mol. The van der Waals surface area contributed by atoms with Gasteiger partial charge < -0.3 is 5.11 Å². The van der Waals surface area contributed by atoms with Crippen LogP contribution in [-0.2, 0) is 0 Å². The maximum atomic E-state index is 12.4. The standard InChI is InChI=1S/C12H15BrF3NO/c1-3-17(7-12(14,15)16)8(2)10-6-9(13)4-5-11(10)18/h4-6,8,18H,3,7H2,1-2H3. The van der Waals surface area contributed by atoms with Gasteiger partial charge in [0.1, 0.15) is 5.75 Å². The normalized spacial score (nSPS) is 13.9. The maximum absolute atomic E-state index is 12.4. The molecule has 1 N–H and O–H groups in total. The number of nitrogens with zero attached hydrogens (tertiary/aromatic N) is 1. The molecule has 6 heteroatoms. The fourth-order valence-electron chi connectivity index (χ4n) is 1.81. The second kappa shape index (κ2) is 5.93. The van der Waals surface area contributed by atoms with Crippen molar-refractivity contribution < 1.29 is 18.3 Å². The predicted molar refractivity (Wildman–Crippen MR) is 67.5 cm³/mol. The second-order valence-electron chi connectivity index (χ2n) is 4.06. The van der Waals surface area contributed by atoms with Crippen molar-refractivity contribution in [2.75, 3.05) is 13.1 Å². The number of benzene rings is 1. The van der Waals surface area contributed by atoms with Crippen molar-refractivity contribution >= 4 is 15.9 Å². The zero-order valence-electron chi connectivity index (χ0n) is 10.1. The van der Waals surface area contributed by atoms with E-state index in [0.29, 0.717) is 5.56 Å². The molecule has 0 aliphatic carbocycles. The highest BCUT2D eigenvalue weighted by Gasteiger charge is 2.32. The van der Waals surface area contributed by atoms with Gasteiger partial charge in [-0.25, -0.2) is 0 Å². The summed E-state index contributed by atoms with van der Waals surface area (Å²) in [5.41, 5.74) is 0.482. The van der Waals surface area contributed by atoms with E-state index in [9.17, 15) is 18.3 Å². The van der Waals surface area contributed by atoms with Crippen LogP contribution in [0.1, 0.15) is 25.5 Å². The summed E-state index contributed by atoms with van der Waals surface area (Å²) in [6.45, 7) is 2.58. The molecular formula is C12H15BrF3NO. The first-order valence-corrected chi connectivity index (χ1v) is 6.33. The zero-order valence-corrected chi connectivity index (χ0v) is 11.7. The molecule has 0 bridgehead atoms. The van der Waals surface area contributed by atoms with Gasteiger partial charge in [-0.3, -0.25) is 4.90 Å². The minimum atomic E-state index is -4.24. The molecule has 0 saturated carbocycles. The molecule has 0 fully saturated rings. The summed E-state index contributed by atoms with van der Waals surface area (Å²) >= 11 is 3.25. The molecule has 1 unspecified atom stereocenters. The van der Waals surface area contributed by atoms with Gasteiger partial charge in [-0.2, -0.15) is 13.2 Å². The van der Waals surface area contributed by atoms with Crippen LogP contribution in [0, 0.1) is 0 Å². The van der Waals surface area contributed by atoms with Crippen LogP contribution < -0.4 is 0 Å². The number of phenols is 1. The van der Waals surface area contributed by atoms with Crippen LogP contribution in [0.4, 0.5) is 13.2 Å². The van der Waals surface area contributed by atoms with Crippen molar-refractivity contribution in [1.29, 1.82) is 0 Å². The second-order valence-corrected chi connectivity index (χ2v) is 4.97. The van der Waals surface area contributed by atoms with E-state index in [2.05, 4.69) is 15.9 Å². The minimum Gasteiger partial charge on any atom is -0.508 e. The molecule has 18 heavy (non-hydrogen) atoms. The monoisotopic (exact) mass is 325 g/mol. The maximum Gasteiger partial charge on any atom is 0.401 e. The summed E-state index contributed by atoms with van der Waals surface area (Å²) in [6, 6.07) is 4.25. The lowest BCUT2D eigenvalue weighted by atomic mass is 10.1. The molecule has 0 aromatic heterocycles. The average Bonchev–Trinajstić information content (AvgIpc) is 2.27. The Labute approximate surface area is 113 Å². The van der Waals surface area contributed by atoms with Crippen LogP contribution in [-0.4, -0.2) is 29.3 Å². The van der Waals surface area contributed by atoms with Crippen molar-refractivity contribution in [2.24, 2.45) is 0 Å². The topological polar surface area (TPSA) is 23.5 Å². The lowest BCUT2D eigenvalue weighted by Crippen LogP contribution is -2.36. The summed E-state index contributed by atoms with van der Waals surface area (Å²) < 4.78 is 38.0. The van der Waals surface area contributed by atoms with Gasteiger partial charge in [-0.15, -0.1) is 0 Å². The molecule has 1 aromatic rings. The Kier molecular flexibility index (Phi) is 5.04. The van der Waals surface area contributed by atoms with Crippen LogP contribution in [0.5, 0.6) is 5.75 Å². The van der Waals surface area contributed by atoms with Gasteiger partial charge in [0.25, 0.3) is 0 Å². The van der Waals surface area contributed by atoms with E-state index in [1.54, 1.807) is 26.0 Å². The van der Waals surface area contributed by atoms with Crippen LogP contribution in [0.3, 0.4) is 0 Å². The molecule has 0 heterocycles. The van der Waals surface area contributed by atoms with Crippen LogP contribution in [0.15, 0.2) is 22.7 Å². The number of phenolic OH excluding ortho intramolecular Hbond substituents is 1. The van der Waals surface area contributed by atoms with E-state index in [1.165, 1.54) is 11.0 Å². The quantitative estimate of drug-likeness (QED) is 0.900. The molecule has 0 spiro atoms. The Morgan fingerprint density at radius 1 is 1.39 bits per heavy atom. The van der Waals surface area contributed by atoms with Gasteiger partial charge in [-0.1, -0.05) is 22.9 Å². The number of rotatable bonds is 4. The van der Waals surface area contributed by atoms with E-state index in [1.807, 2.05) is 0 Å². The highest BCUT2D eigenvalue weighted by atomic mass is 79.9. The zero-order chi connectivity index (χ0) is 13.9. The van der Waals surface area contributed by atoms with E-state index < -0.39 is 18.8 Å². The van der Waals surface area contributed by atoms with Crippen molar-refractivity contribution in [3.05, 3.63) is 28.2 Å². The third kappa shape index (κ3) is 4.17. The number of alkyl halides is 3. The summed E-state index contributed by atoms with van der Waals surface area (Å²) in [5.74, 6) is 0.00586. The summed E-state index contributed by atoms with van der Waals surface area (Å²) in [6.07, 6.45) is -4.24. The van der Waals surface area contributed by atoms with Gasteiger partial charge in [0.05, 0.1) is 6.54 Å². The fourth-order valence-corrected chi connectivity index (χ4v) is 2.19. The van der Waals surface area contributed by atoms with Crippen LogP contribution in [0.25, 0.3) is 0 Å². The third-order valence-electron chi connectivity index (χ3n) is 2.78. The van der Waals surface area contributed by atoms with Gasteiger partial charge in [0.15, 0.2) is 0 Å². The molecule has 0 aliphatic rings. The van der Waals surface area contributed by atoms with E-state index in [4.69, 9.17) is 0 Å². The van der Waals surface area contributed by atoms with Crippen molar-refractivity contribution in [2.45, 2.75) is 26.1 Å². The van der Waals surface area contributed by atoms with E-state index >= 15 is 0 Å². The first kappa shape index (κ1) is 15.3. The average molecular weight is 326 g/mol. The first-order chi connectivity index (χ1) is 8.24. The highest BCUT2D eigenvalue weighted by Crippen LogP contribution is 2.32. The molecule has 0 saturated heterocycles. The van der Waals surface area contributed by atoms with Crippen molar-refractivity contribution in [1.82, 2.24) is 4.90 Å². The molecule has 1 atom stereocenters. The molecule has 0 amide bonds. The first-order valence-electron chi connectivity index (χ1n) is 5.53. The van der Waals surface area contributed by atoms with Crippen LogP contribution in [0.2, 0.25) is 0 Å². The summed E-state index contributed by atoms with van der Waals surface area (Å²) in [5, 5.41) is 9.72. The lowest BCUT2D eigenvalue weighted by Gasteiger charge is -2.29. The SMILES string of the molecule is CCN(CC(F)(F)F)C(C)c1cc(Br)ccc1O. The molecule has 2 nitrogen and oxygen atoms in total. The molecule has 0 radical (unpaired) electrons. The van der Waals surface area contributed by atoms with Gasteiger partial charge in [-0.05, 0) is 31.7 Å². The molecule has 0 aliphatic heterocycles. The third-order valence-corrected chi connectivity index (χ3v) is 3.27. The lowest BCUT2D eigenvalue weighted by molar-refractivity contribution is -0.150. The van der Waals surface area contributed by atoms with Gasteiger partial charge in [0.2, 0.25) is 0 Å². The van der Waals surface area contributed by atoms with Crippen LogP contribution >= 0.6 is 15.9 Å². The summed E-state index contributed by atoms with van der Waals surface area (Å²) in [4.78, 5) is 1.27. The van der Waals surface area contributed by atoms with Gasteiger partial charge in [0, 0.05) is 16.1 Å². The van der Waals surface area contributed by atoms with Crippen molar-refractivity contribution in [3.8, 4) is 5.75 Å². The predicted octanol–water partition coefficient (Wildman–Crippen LogP) is 4.10. The molecule has 102 valence electrons.